The van der Waals surface area contributed by atoms with Gasteiger partial charge in [0.25, 0.3) is 0 Å². The lowest BCUT2D eigenvalue weighted by atomic mass is 10.2. The number of hydrogen-bond donors (Lipinski definition) is 1. The lowest BCUT2D eigenvalue weighted by Gasteiger charge is -2.07. The number of fused-ring (bicyclic) bond motifs is 1. The number of hydrogen-bond acceptors (Lipinski definition) is 3. The van der Waals surface area contributed by atoms with Crippen LogP contribution in [0, 0.1) is 0 Å². The summed E-state index contributed by atoms with van der Waals surface area (Å²) in [7, 11) is 3.62. The minimum atomic E-state index is 0.630. The zero-order chi connectivity index (χ0) is 13.4. The van der Waals surface area contributed by atoms with E-state index in [0.29, 0.717) is 11.4 Å². The van der Waals surface area contributed by atoms with E-state index < -0.39 is 0 Å². The van der Waals surface area contributed by atoms with E-state index in [4.69, 9.17) is 10.5 Å². The van der Waals surface area contributed by atoms with E-state index in [1.807, 2.05) is 43.4 Å². The fourth-order valence-electron chi connectivity index (χ4n) is 2.25. The van der Waals surface area contributed by atoms with Gasteiger partial charge < -0.3 is 15.0 Å². The molecule has 2 N–H and O–H groups in total. The number of nitrogen functional groups attached to an aromatic ring is 1. The summed E-state index contributed by atoms with van der Waals surface area (Å²) < 4.78 is 7.33. The third-order valence-electron chi connectivity index (χ3n) is 3.28. The molecule has 0 spiro atoms. The van der Waals surface area contributed by atoms with Crippen LogP contribution < -0.4 is 10.5 Å². The Bertz CT molecular complexity index is 746. The number of ether oxygens (including phenoxy) is 1. The molecule has 2 aromatic carbocycles. The lowest BCUT2D eigenvalue weighted by molar-refractivity contribution is 0.417. The van der Waals surface area contributed by atoms with E-state index in [1.165, 1.54) is 0 Å². The van der Waals surface area contributed by atoms with E-state index >= 15 is 0 Å². The van der Waals surface area contributed by atoms with E-state index in [-0.39, 0.29) is 0 Å². The molecule has 96 valence electrons. The van der Waals surface area contributed by atoms with E-state index in [0.717, 1.165) is 22.4 Å². The summed E-state index contributed by atoms with van der Waals surface area (Å²) in [5.74, 6) is 1.57. The van der Waals surface area contributed by atoms with Crippen LogP contribution in [-0.4, -0.2) is 16.7 Å². The van der Waals surface area contributed by atoms with Gasteiger partial charge in [-0.2, -0.15) is 0 Å². The first-order valence-corrected chi connectivity index (χ1v) is 6.06. The number of aromatic nitrogens is 2. The van der Waals surface area contributed by atoms with Crippen LogP contribution in [0.5, 0.6) is 5.75 Å². The van der Waals surface area contributed by atoms with Crippen molar-refractivity contribution in [3.8, 4) is 17.1 Å². The largest absolute Gasteiger partial charge is 0.495 e. The molecule has 0 saturated carbocycles. The van der Waals surface area contributed by atoms with E-state index in [1.54, 1.807) is 7.11 Å². The Morgan fingerprint density at radius 3 is 2.68 bits per heavy atom. The minimum absolute atomic E-state index is 0.630. The van der Waals surface area contributed by atoms with Crippen LogP contribution in [0.2, 0.25) is 0 Å². The van der Waals surface area contributed by atoms with Crippen LogP contribution >= 0.6 is 0 Å². The molecule has 1 aromatic heterocycles. The molecular formula is C15H15N3O. The first-order valence-electron chi connectivity index (χ1n) is 6.06. The van der Waals surface area contributed by atoms with Crippen molar-refractivity contribution < 1.29 is 4.74 Å². The molecule has 1 heterocycles. The number of nitrogens with zero attached hydrogens (tertiary/aromatic N) is 2. The van der Waals surface area contributed by atoms with Crippen LogP contribution in [0.4, 0.5) is 5.69 Å². The standard InChI is InChI=1S/C15H15N3O/c1-18-13-6-4-3-5-12(13)17-15(18)10-7-8-11(16)14(9-10)19-2/h3-9H,16H2,1-2H3. The Balaban J connectivity index is 2.21. The molecule has 0 amide bonds. The molecule has 0 aliphatic rings. The van der Waals surface area contributed by atoms with Crippen molar-refractivity contribution in [1.82, 2.24) is 9.55 Å². The lowest BCUT2D eigenvalue weighted by Crippen LogP contribution is -1.96. The van der Waals surface area contributed by atoms with Crippen molar-refractivity contribution in [2.24, 2.45) is 7.05 Å². The zero-order valence-electron chi connectivity index (χ0n) is 10.9. The zero-order valence-corrected chi connectivity index (χ0v) is 10.9. The van der Waals surface area contributed by atoms with Gasteiger partial charge in [0.05, 0.1) is 23.8 Å². The first kappa shape index (κ1) is 11.6. The highest BCUT2D eigenvalue weighted by atomic mass is 16.5. The summed E-state index contributed by atoms with van der Waals surface area (Å²) >= 11 is 0. The van der Waals surface area contributed by atoms with Gasteiger partial charge in [-0.25, -0.2) is 4.98 Å². The minimum Gasteiger partial charge on any atom is -0.495 e. The third kappa shape index (κ3) is 1.81. The van der Waals surface area contributed by atoms with Gasteiger partial charge in [-0.3, -0.25) is 0 Å². The number of para-hydroxylation sites is 2. The van der Waals surface area contributed by atoms with Gasteiger partial charge >= 0.3 is 0 Å². The molecule has 4 heteroatoms. The van der Waals surface area contributed by atoms with Crippen LogP contribution in [0.1, 0.15) is 0 Å². The highest BCUT2D eigenvalue weighted by Crippen LogP contribution is 2.29. The average Bonchev–Trinajstić information content (AvgIpc) is 2.77. The fraction of sp³-hybridized carbons (Fsp3) is 0.133. The number of rotatable bonds is 2. The normalized spacial score (nSPS) is 10.8. The summed E-state index contributed by atoms with van der Waals surface area (Å²) in [5.41, 5.74) is 9.55. The Kier molecular flexibility index (Phi) is 2.63. The van der Waals surface area contributed by atoms with Crippen LogP contribution in [0.15, 0.2) is 42.5 Å². The molecule has 0 saturated heterocycles. The maximum atomic E-state index is 5.84. The number of anilines is 1. The Morgan fingerprint density at radius 2 is 1.95 bits per heavy atom. The number of benzene rings is 2. The van der Waals surface area contributed by atoms with E-state index in [2.05, 4.69) is 15.6 Å². The maximum Gasteiger partial charge on any atom is 0.142 e. The number of aryl methyl sites for hydroxylation is 1. The molecular weight excluding hydrogens is 238 g/mol. The molecule has 19 heavy (non-hydrogen) atoms. The first-order chi connectivity index (χ1) is 9.20. The van der Waals surface area contributed by atoms with Gasteiger partial charge in [-0.1, -0.05) is 12.1 Å². The SMILES string of the molecule is COc1cc(-c2nc3ccccc3n2C)ccc1N. The topological polar surface area (TPSA) is 53.1 Å². The quantitative estimate of drug-likeness (QED) is 0.714. The summed E-state index contributed by atoms with van der Waals surface area (Å²) in [4.78, 5) is 4.65. The number of imidazole rings is 1. The van der Waals surface area contributed by atoms with Crippen molar-refractivity contribution in [2.75, 3.05) is 12.8 Å². The summed E-state index contributed by atoms with van der Waals surface area (Å²) in [6, 6.07) is 13.8. The molecule has 0 fully saturated rings. The highest BCUT2D eigenvalue weighted by molar-refractivity contribution is 5.81. The van der Waals surface area contributed by atoms with Gasteiger partial charge in [-0.15, -0.1) is 0 Å². The summed E-state index contributed by atoms with van der Waals surface area (Å²) in [5, 5.41) is 0. The number of methoxy groups -OCH3 is 1. The van der Waals surface area contributed by atoms with Crippen LogP contribution in [0.25, 0.3) is 22.4 Å². The van der Waals surface area contributed by atoms with Crippen molar-refractivity contribution in [3.63, 3.8) is 0 Å². The predicted molar refractivity (Wildman–Crippen MR) is 77.1 cm³/mol. The van der Waals surface area contributed by atoms with Gasteiger partial charge in [0.1, 0.15) is 11.6 Å². The maximum absolute atomic E-state index is 5.84. The Morgan fingerprint density at radius 1 is 1.16 bits per heavy atom. The highest BCUT2D eigenvalue weighted by Gasteiger charge is 2.11. The second-order valence-corrected chi connectivity index (χ2v) is 4.44. The molecule has 0 aliphatic carbocycles. The molecule has 0 radical (unpaired) electrons. The van der Waals surface area contributed by atoms with Gasteiger partial charge in [0, 0.05) is 12.6 Å². The smallest absolute Gasteiger partial charge is 0.142 e. The third-order valence-corrected chi connectivity index (χ3v) is 3.28. The number of nitrogens with two attached hydrogens (primary N) is 1. The molecule has 0 aliphatic heterocycles. The summed E-state index contributed by atoms with van der Waals surface area (Å²) in [6.45, 7) is 0. The van der Waals surface area contributed by atoms with Crippen LogP contribution in [-0.2, 0) is 7.05 Å². The molecule has 3 rings (SSSR count). The Labute approximate surface area is 111 Å². The molecule has 0 atom stereocenters. The van der Waals surface area contributed by atoms with Crippen molar-refractivity contribution in [2.45, 2.75) is 0 Å². The summed E-state index contributed by atoms with van der Waals surface area (Å²) in [6.07, 6.45) is 0. The monoisotopic (exact) mass is 253 g/mol. The predicted octanol–water partition coefficient (Wildman–Crippen LogP) is 2.83. The van der Waals surface area contributed by atoms with E-state index in [9.17, 15) is 0 Å². The molecule has 0 bridgehead atoms. The molecule has 3 aromatic rings. The van der Waals surface area contributed by atoms with Crippen molar-refractivity contribution >= 4 is 16.7 Å². The van der Waals surface area contributed by atoms with Gasteiger partial charge in [0.2, 0.25) is 0 Å². The molecule has 0 unspecified atom stereocenters. The van der Waals surface area contributed by atoms with Crippen LogP contribution in [0.3, 0.4) is 0 Å². The second-order valence-electron chi connectivity index (χ2n) is 4.44. The average molecular weight is 253 g/mol. The van der Waals surface area contributed by atoms with Crippen molar-refractivity contribution in [1.29, 1.82) is 0 Å². The molecule has 4 nitrogen and oxygen atoms in total. The fourth-order valence-corrected chi connectivity index (χ4v) is 2.25. The second kappa shape index (κ2) is 4.31. The Hall–Kier alpha value is -2.49. The van der Waals surface area contributed by atoms with Crippen molar-refractivity contribution in [3.05, 3.63) is 42.5 Å². The van der Waals surface area contributed by atoms with Gasteiger partial charge in [-0.05, 0) is 30.3 Å². The van der Waals surface area contributed by atoms with Gasteiger partial charge in [0.15, 0.2) is 0 Å².